The summed E-state index contributed by atoms with van der Waals surface area (Å²) in [5.41, 5.74) is 1.06. The van der Waals surface area contributed by atoms with Crippen LogP contribution in [-0.2, 0) is 11.3 Å². The van der Waals surface area contributed by atoms with E-state index in [9.17, 15) is 0 Å². The summed E-state index contributed by atoms with van der Waals surface area (Å²) in [5.74, 6) is 0.816. The fourth-order valence-electron chi connectivity index (χ4n) is 2.14. The molecular formula is C13H20N4O. The average Bonchev–Trinajstić information content (AvgIpc) is 3.21. The summed E-state index contributed by atoms with van der Waals surface area (Å²) < 4.78 is 5.74. The number of rotatable bonds is 4. The topological polar surface area (TPSA) is 50.3 Å². The van der Waals surface area contributed by atoms with E-state index in [2.05, 4.69) is 27.2 Å². The average molecular weight is 248 g/mol. The first kappa shape index (κ1) is 12.0. The molecular weight excluding hydrogens is 228 g/mol. The van der Waals surface area contributed by atoms with Gasteiger partial charge in [-0.3, -0.25) is 0 Å². The number of likely N-dealkylation sites (N-methyl/N-ethyl adjacent to an activating group) is 1. The molecule has 1 saturated carbocycles. The summed E-state index contributed by atoms with van der Waals surface area (Å²) in [7, 11) is 2.11. The van der Waals surface area contributed by atoms with Crippen molar-refractivity contribution < 1.29 is 4.74 Å². The molecule has 0 radical (unpaired) electrons. The summed E-state index contributed by atoms with van der Waals surface area (Å²) in [6, 6.07) is 2.69. The van der Waals surface area contributed by atoms with Gasteiger partial charge in [-0.2, -0.15) is 0 Å². The highest BCUT2D eigenvalue weighted by atomic mass is 16.5. The van der Waals surface area contributed by atoms with Gasteiger partial charge in [0, 0.05) is 31.9 Å². The Hall–Kier alpha value is -1.04. The van der Waals surface area contributed by atoms with Crippen molar-refractivity contribution in [1.82, 2.24) is 20.2 Å². The monoisotopic (exact) mass is 248 g/mol. The molecule has 2 heterocycles. The normalized spacial score (nSPS) is 25.3. The lowest BCUT2D eigenvalue weighted by Crippen LogP contribution is -2.36. The molecule has 0 spiro atoms. The molecule has 5 nitrogen and oxygen atoms in total. The van der Waals surface area contributed by atoms with Gasteiger partial charge in [0.25, 0.3) is 0 Å². The maximum Gasteiger partial charge on any atom is 0.158 e. The SMILES string of the molecule is CN1CCOC(c2nccc(CNC3CC3)n2)C1. The third kappa shape index (κ3) is 3.04. The van der Waals surface area contributed by atoms with Gasteiger partial charge in [0.05, 0.1) is 12.3 Å². The molecule has 1 aliphatic heterocycles. The van der Waals surface area contributed by atoms with E-state index >= 15 is 0 Å². The van der Waals surface area contributed by atoms with Crippen LogP contribution in [0.15, 0.2) is 12.3 Å². The van der Waals surface area contributed by atoms with Crippen molar-refractivity contribution in [3.63, 3.8) is 0 Å². The Labute approximate surface area is 108 Å². The molecule has 1 aromatic heterocycles. The highest BCUT2D eigenvalue weighted by Gasteiger charge is 2.23. The minimum atomic E-state index is 0.0182. The Morgan fingerprint density at radius 1 is 1.50 bits per heavy atom. The lowest BCUT2D eigenvalue weighted by molar-refractivity contribution is -0.0256. The van der Waals surface area contributed by atoms with Crippen LogP contribution in [0.4, 0.5) is 0 Å². The summed E-state index contributed by atoms with van der Waals surface area (Å²) in [5, 5.41) is 3.47. The first-order valence-electron chi connectivity index (χ1n) is 6.66. The Bertz CT molecular complexity index is 408. The second-order valence-corrected chi connectivity index (χ2v) is 5.18. The zero-order chi connectivity index (χ0) is 12.4. The van der Waals surface area contributed by atoms with Gasteiger partial charge in [0.15, 0.2) is 5.82 Å². The molecule has 1 unspecified atom stereocenters. The number of nitrogens with zero attached hydrogens (tertiary/aromatic N) is 3. The van der Waals surface area contributed by atoms with E-state index in [4.69, 9.17) is 4.74 Å². The quantitative estimate of drug-likeness (QED) is 0.851. The number of hydrogen-bond donors (Lipinski definition) is 1. The van der Waals surface area contributed by atoms with Crippen LogP contribution in [0.5, 0.6) is 0 Å². The first-order chi connectivity index (χ1) is 8.81. The van der Waals surface area contributed by atoms with E-state index in [-0.39, 0.29) is 6.10 Å². The molecule has 0 amide bonds. The predicted molar refractivity (Wildman–Crippen MR) is 68.1 cm³/mol. The fourth-order valence-corrected chi connectivity index (χ4v) is 2.14. The summed E-state index contributed by atoms with van der Waals surface area (Å²) in [4.78, 5) is 11.2. The van der Waals surface area contributed by atoms with Crippen molar-refractivity contribution in [3.05, 3.63) is 23.8 Å². The van der Waals surface area contributed by atoms with Gasteiger partial charge in [-0.05, 0) is 26.0 Å². The molecule has 1 atom stereocenters. The molecule has 0 aromatic carbocycles. The predicted octanol–water partition coefficient (Wildman–Crippen LogP) is 0.732. The first-order valence-corrected chi connectivity index (χ1v) is 6.66. The maximum absolute atomic E-state index is 5.74. The van der Waals surface area contributed by atoms with Gasteiger partial charge >= 0.3 is 0 Å². The van der Waals surface area contributed by atoms with Crippen molar-refractivity contribution in [3.8, 4) is 0 Å². The zero-order valence-corrected chi connectivity index (χ0v) is 10.8. The van der Waals surface area contributed by atoms with Crippen LogP contribution in [0.1, 0.15) is 30.5 Å². The Kier molecular flexibility index (Phi) is 3.54. The van der Waals surface area contributed by atoms with Crippen LogP contribution < -0.4 is 5.32 Å². The molecule has 2 aliphatic rings. The van der Waals surface area contributed by atoms with Crippen LogP contribution in [-0.4, -0.2) is 47.7 Å². The van der Waals surface area contributed by atoms with Crippen LogP contribution in [0.2, 0.25) is 0 Å². The molecule has 2 fully saturated rings. The highest BCUT2D eigenvalue weighted by Crippen LogP contribution is 2.20. The zero-order valence-electron chi connectivity index (χ0n) is 10.8. The van der Waals surface area contributed by atoms with Crippen LogP contribution >= 0.6 is 0 Å². The van der Waals surface area contributed by atoms with Gasteiger partial charge in [0.2, 0.25) is 0 Å². The number of morpholine rings is 1. The van der Waals surface area contributed by atoms with Gasteiger partial charge in [-0.1, -0.05) is 0 Å². The third-order valence-corrected chi connectivity index (χ3v) is 3.44. The largest absolute Gasteiger partial charge is 0.368 e. The van der Waals surface area contributed by atoms with Crippen molar-refractivity contribution in [2.24, 2.45) is 0 Å². The smallest absolute Gasteiger partial charge is 0.158 e. The van der Waals surface area contributed by atoms with Gasteiger partial charge in [0.1, 0.15) is 6.10 Å². The Morgan fingerprint density at radius 3 is 3.17 bits per heavy atom. The van der Waals surface area contributed by atoms with E-state index in [1.165, 1.54) is 12.8 Å². The maximum atomic E-state index is 5.74. The minimum absolute atomic E-state index is 0.0182. The van der Waals surface area contributed by atoms with Crippen LogP contribution in [0.3, 0.4) is 0 Å². The Balaban J connectivity index is 1.65. The second kappa shape index (κ2) is 5.30. The number of nitrogens with one attached hydrogen (secondary N) is 1. The number of hydrogen-bond acceptors (Lipinski definition) is 5. The molecule has 0 bridgehead atoms. The van der Waals surface area contributed by atoms with E-state index < -0.39 is 0 Å². The van der Waals surface area contributed by atoms with E-state index in [1.54, 1.807) is 0 Å². The lowest BCUT2D eigenvalue weighted by atomic mass is 10.2. The van der Waals surface area contributed by atoms with Gasteiger partial charge in [-0.25, -0.2) is 9.97 Å². The third-order valence-electron chi connectivity index (χ3n) is 3.44. The molecule has 1 aliphatic carbocycles. The van der Waals surface area contributed by atoms with Crippen molar-refractivity contribution in [2.75, 3.05) is 26.7 Å². The van der Waals surface area contributed by atoms with Crippen molar-refractivity contribution in [2.45, 2.75) is 31.5 Å². The molecule has 3 rings (SSSR count). The van der Waals surface area contributed by atoms with Crippen molar-refractivity contribution in [1.29, 1.82) is 0 Å². The van der Waals surface area contributed by atoms with Gasteiger partial charge in [-0.15, -0.1) is 0 Å². The van der Waals surface area contributed by atoms with E-state index in [0.717, 1.165) is 37.8 Å². The minimum Gasteiger partial charge on any atom is -0.368 e. The Morgan fingerprint density at radius 2 is 2.39 bits per heavy atom. The molecule has 98 valence electrons. The van der Waals surface area contributed by atoms with Gasteiger partial charge < -0.3 is 15.0 Å². The van der Waals surface area contributed by atoms with E-state index in [0.29, 0.717) is 6.04 Å². The molecule has 5 heteroatoms. The van der Waals surface area contributed by atoms with Crippen molar-refractivity contribution >= 4 is 0 Å². The van der Waals surface area contributed by atoms with Crippen LogP contribution in [0, 0.1) is 0 Å². The fraction of sp³-hybridized carbons (Fsp3) is 0.692. The second-order valence-electron chi connectivity index (χ2n) is 5.18. The van der Waals surface area contributed by atoms with E-state index in [1.807, 2.05) is 12.3 Å². The molecule has 1 saturated heterocycles. The van der Waals surface area contributed by atoms with Crippen LogP contribution in [0.25, 0.3) is 0 Å². The molecule has 1 N–H and O–H groups in total. The summed E-state index contributed by atoms with van der Waals surface area (Å²) in [6.07, 6.45) is 4.46. The summed E-state index contributed by atoms with van der Waals surface area (Å²) in [6.45, 7) is 3.46. The number of ether oxygens (including phenoxy) is 1. The standard InChI is InChI=1S/C13H20N4O/c1-17-6-7-18-12(9-17)13-14-5-4-11(16-13)8-15-10-2-3-10/h4-5,10,12,15H,2-3,6-9H2,1H3. The molecule has 18 heavy (non-hydrogen) atoms. The molecule has 1 aromatic rings. The lowest BCUT2D eigenvalue weighted by Gasteiger charge is -2.29. The number of aromatic nitrogens is 2. The summed E-state index contributed by atoms with van der Waals surface area (Å²) >= 11 is 0. The highest BCUT2D eigenvalue weighted by molar-refractivity contribution is 5.05.